The number of carbonyl (C=O) groups is 3. The van der Waals surface area contributed by atoms with Gasteiger partial charge in [-0.2, -0.15) is 0 Å². The fraction of sp³-hybridized carbons (Fsp3) is 0.348. The van der Waals surface area contributed by atoms with Gasteiger partial charge in [-0.25, -0.2) is 0 Å². The predicted octanol–water partition coefficient (Wildman–Crippen LogP) is 2.46. The second kappa shape index (κ2) is 8.17. The molecule has 2 aromatic rings. The third kappa shape index (κ3) is 4.07. The first-order valence-corrected chi connectivity index (χ1v) is 9.99. The van der Waals surface area contributed by atoms with Crippen molar-refractivity contribution in [2.75, 3.05) is 26.7 Å². The summed E-state index contributed by atoms with van der Waals surface area (Å²) in [6, 6.07) is 17.4. The quantitative estimate of drug-likeness (QED) is 0.752. The molecule has 6 nitrogen and oxygen atoms in total. The number of piperazine rings is 1. The number of nitrogens with zero attached hydrogens (tertiary/aromatic N) is 3. The third-order valence-electron chi connectivity index (χ3n) is 5.73. The van der Waals surface area contributed by atoms with E-state index in [4.69, 9.17) is 0 Å². The molecule has 2 aliphatic rings. The highest BCUT2D eigenvalue weighted by Gasteiger charge is 2.31. The van der Waals surface area contributed by atoms with Crippen LogP contribution in [0.15, 0.2) is 54.6 Å². The molecule has 4 rings (SSSR count). The lowest BCUT2D eigenvalue weighted by Crippen LogP contribution is -2.49. The second-order valence-electron chi connectivity index (χ2n) is 7.76. The highest BCUT2D eigenvalue weighted by Crippen LogP contribution is 2.27. The third-order valence-corrected chi connectivity index (χ3v) is 5.73. The van der Waals surface area contributed by atoms with E-state index in [0.717, 1.165) is 24.2 Å². The molecule has 0 aromatic heterocycles. The van der Waals surface area contributed by atoms with Gasteiger partial charge >= 0.3 is 0 Å². The molecule has 1 atom stereocenters. The first kappa shape index (κ1) is 19.3. The van der Waals surface area contributed by atoms with Gasteiger partial charge < -0.3 is 9.80 Å². The van der Waals surface area contributed by atoms with Crippen molar-refractivity contribution < 1.29 is 14.4 Å². The van der Waals surface area contributed by atoms with Crippen LogP contribution in [0.3, 0.4) is 0 Å². The van der Waals surface area contributed by atoms with Crippen LogP contribution in [0.5, 0.6) is 0 Å². The molecule has 0 saturated carbocycles. The molecule has 2 aliphatic heterocycles. The molecule has 3 amide bonds. The molecule has 6 heteroatoms. The van der Waals surface area contributed by atoms with E-state index in [1.54, 1.807) is 12.1 Å². The van der Waals surface area contributed by atoms with Gasteiger partial charge in [0.15, 0.2) is 0 Å². The molecule has 150 valence electrons. The summed E-state index contributed by atoms with van der Waals surface area (Å²) in [6.07, 6.45) is 0.583. The molecule has 0 radical (unpaired) electrons. The summed E-state index contributed by atoms with van der Waals surface area (Å²) in [7, 11) is 2.08. The molecule has 0 aliphatic carbocycles. The smallest absolute Gasteiger partial charge is 0.254 e. The fourth-order valence-corrected chi connectivity index (χ4v) is 4.02. The van der Waals surface area contributed by atoms with E-state index in [1.807, 2.05) is 35.2 Å². The highest BCUT2D eigenvalue weighted by molar-refractivity contribution is 6.01. The zero-order chi connectivity index (χ0) is 20.4. The minimum atomic E-state index is -0.127. The van der Waals surface area contributed by atoms with Gasteiger partial charge in [0.1, 0.15) is 0 Å². The Kier molecular flexibility index (Phi) is 5.45. The van der Waals surface area contributed by atoms with E-state index < -0.39 is 0 Å². The van der Waals surface area contributed by atoms with Gasteiger partial charge in [0.05, 0.1) is 12.6 Å². The number of benzene rings is 2. The Morgan fingerprint density at radius 3 is 2.24 bits per heavy atom. The van der Waals surface area contributed by atoms with Crippen LogP contribution in [0, 0.1) is 0 Å². The van der Waals surface area contributed by atoms with E-state index >= 15 is 0 Å². The fourth-order valence-electron chi connectivity index (χ4n) is 4.02. The summed E-state index contributed by atoms with van der Waals surface area (Å²) in [5, 5.41) is 0. The van der Waals surface area contributed by atoms with Crippen LogP contribution in [-0.4, -0.2) is 59.1 Å². The van der Waals surface area contributed by atoms with Gasteiger partial charge in [0, 0.05) is 38.0 Å². The van der Waals surface area contributed by atoms with Crippen molar-refractivity contribution in [2.24, 2.45) is 0 Å². The van der Waals surface area contributed by atoms with Crippen molar-refractivity contribution in [2.45, 2.75) is 25.4 Å². The molecule has 0 spiro atoms. The number of hydrogen-bond acceptors (Lipinski definition) is 4. The van der Waals surface area contributed by atoms with E-state index in [1.165, 1.54) is 4.90 Å². The largest absolute Gasteiger partial charge is 0.329 e. The van der Waals surface area contributed by atoms with Crippen LogP contribution in [0.25, 0.3) is 0 Å². The molecular weight excluding hydrogens is 366 g/mol. The van der Waals surface area contributed by atoms with E-state index in [0.29, 0.717) is 24.9 Å². The van der Waals surface area contributed by atoms with Crippen LogP contribution in [0.4, 0.5) is 0 Å². The Hall–Kier alpha value is -2.99. The van der Waals surface area contributed by atoms with Crippen LogP contribution in [0.2, 0.25) is 0 Å². The minimum Gasteiger partial charge on any atom is -0.329 e. The summed E-state index contributed by atoms with van der Waals surface area (Å²) in [4.78, 5) is 42.3. The molecule has 2 heterocycles. The van der Waals surface area contributed by atoms with Gasteiger partial charge in [-0.05, 0) is 30.3 Å². The Balaban J connectivity index is 1.50. The first-order valence-electron chi connectivity index (χ1n) is 9.99. The Morgan fingerprint density at radius 2 is 1.59 bits per heavy atom. The normalized spacial score (nSPS) is 20.4. The molecule has 0 N–H and O–H groups in total. The number of likely N-dealkylation sites (N-methyl/N-ethyl adjacent to an activating group) is 1. The summed E-state index contributed by atoms with van der Waals surface area (Å²) in [5.41, 5.74) is 2.61. The van der Waals surface area contributed by atoms with Crippen molar-refractivity contribution >= 4 is 17.7 Å². The molecule has 2 fully saturated rings. The monoisotopic (exact) mass is 391 g/mol. The number of hydrogen-bond donors (Lipinski definition) is 0. The maximum Gasteiger partial charge on any atom is 0.254 e. The van der Waals surface area contributed by atoms with E-state index in [2.05, 4.69) is 24.1 Å². The maximum absolute atomic E-state index is 13.2. The number of likely N-dealkylation sites (tertiary alicyclic amines) is 1. The standard InChI is InChI=1S/C23H25N3O3/c1-24-13-14-25(20(16-24)18-5-3-2-4-6-18)23(29)19-9-7-17(8-10-19)15-26-21(27)11-12-22(26)28/h2-10,20H,11-16H2,1H3. The lowest BCUT2D eigenvalue weighted by molar-refractivity contribution is -0.139. The SMILES string of the molecule is CN1CCN(C(=O)c2ccc(CN3C(=O)CCC3=O)cc2)C(c2ccccc2)C1. The molecule has 29 heavy (non-hydrogen) atoms. The van der Waals surface area contributed by atoms with Gasteiger partial charge in [-0.15, -0.1) is 0 Å². The van der Waals surface area contributed by atoms with Crippen molar-refractivity contribution in [1.82, 2.24) is 14.7 Å². The summed E-state index contributed by atoms with van der Waals surface area (Å²) >= 11 is 0. The van der Waals surface area contributed by atoms with Crippen molar-refractivity contribution in [1.29, 1.82) is 0 Å². The Morgan fingerprint density at radius 1 is 0.931 bits per heavy atom. The first-order chi connectivity index (χ1) is 14.0. The van der Waals surface area contributed by atoms with Crippen LogP contribution < -0.4 is 0 Å². The molecule has 2 aromatic carbocycles. The lowest BCUT2D eigenvalue weighted by Gasteiger charge is -2.40. The van der Waals surface area contributed by atoms with Crippen molar-refractivity contribution in [3.8, 4) is 0 Å². The molecular formula is C23H25N3O3. The predicted molar refractivity (Wildman–Crippen MR) is 109 cm³/mol. The average Bonchev–Trinajstić information content (AvgIpc) is 3.06. The zero-order valence-electron chi connectivity index (χ0n) is 16.6. The highest BCUT2D eigenvalue weighted by atomic mass is 16.2. The Labute approximate surface area is 170 Å². The van der Waals surface area contributed by atoms with Crippen LogP contribution in [0.1, 0.15) is 40.4 Å². The van der Waals surface area contributed by atoms with Crippen LogP contribution in [-0.2, 0) is 16.1 Å². The van der Waals surface area contributed by atoms with Crippen molar-refractivity contribution in [3.63, 3.8) is 0 Å². The number of imide groups is 1. The van der Waals surface area contributed by atoms with E-state index in [9.17, 15) is 14.4 Å². The van der Waals surface area contributed by atoms with Gasteiger partial charge in [0.25, 0.3) is 5.91 Å². The topological polar surface area (TPSA) is 60.9 Å². The number of amides is 3. The molecule has 0 bridgehead atoms. The summed E-state index contributed by atoms with van der Waals surface area (Å²) < 4.78 is 0. The lowest BCUT2D eigenvalue weighted by atomic mass is 10.0. The minimum absolute atomic E-state index is 0.00632. The van der Waals surface area contributed by atoms with E-state index in [-0.39, 0.29) is 30.3 Å². The zero-order valence-corrected chi connectivity index (χ0v) is 16.6. The Bertz CT molecular complexity index is 895. The second-order valence-corrected chi connectivity index (χ2v) is 7.76. The molecule has 2 saturated heterocycles. The van der Waals surface area contributed by atoms with Crippen LogP contribution >= 0.6 is 0 Å². The average molecular weight is 391 g/mol. The summed E-state index contributed by atoms with van der Waals surface area (Å²) in [6.45, 7) is 2.58. The maximum atomic E-state index is 13.2. The van der Waals surface area contributed by atoms with Gasteiger partial charge in [-0.1, -0.05) is 42.5 Å². The van der Waals surface area contributed by atoms with Gasteiger partial charge in [0.2, 0.25) is 11.8 Å². The van der Waals surface area contributed by atoms with Crippen molar-refractivity contribution in [3.05, 3.63) is 71.3 Å². The number of rotatable bonds is 4. The summed E-state index contributed by atoms with van der Waals surface area (Å²) in [5.74, 6) is -0.247. The van der Waals surface area contributed by atoms with Gasteiger partial charge in [-0.3, -0.25) is 19.3 Å². The molecule has 1 unspecified atom stereocenters. The number of carbonyl (C=O) groups excluding carboxylic acids is 3.